The van der Waals surface area contributed by atoms with Crippen LogP contribution in [0.2, 0.25) is 0 Å². The number of halogens is 2. The molecule has 0 bridgehead atoms. The van der Waals surface area contributed by atoms with E-state index in [1.54, 1.807) is 6.26 Å². The average Bonchev–Trinajstić information content (AvgIpc) is 2.19. The van der Waals surface area contributed by atoms with E-state index in [9.17, 15) is 8.78 Å². The Hall–Kier alpha value is -1.38. The van der Waals surface area contributed by atoms with Gasteiger partial charge < -0.3 is 4.74 Å². The summed E-state index contributed by atoms with van der Waals surface area (Å²) < 4.78 is 31.2. The van der Waals surface area contributed by atoms with Crippen molar-refractivity contribution in [2.24, 2.45) is 0 Å². The van der Waals surface area contributed by atoms with Crippen molar-refractivity contribution in [1.82, 2.24) is 0 Å². The second kappa shape index (κ2) is 3.78. The Bertz CT molecular complexity index is 360. The Labute approximate surface area is 81.0 Å². The van der Waals surface area contributed by atoms with Gasteiger partial charge in [-0.2, -0.15) is 0 Å². The van der Waals surface area contributed by atoms with Crippen LogP contribution in [0.5, 0.6) is 0 Å². The van der Waals surface area contributed by atoms with E-state index in [1.165, 1.54) is 12.1 Å². The molecule has 0 saturated carbocycles. The summed E-state index contributed by atoms with van der Waals surface area (Å²) in [5.74, 6) is -1.09. The highest BCUT2D eigenvalue weighted by atomic mass is 19.1. The van der Waals surface area contributed by atoms with E-state index in [-0.39, 0.29) is 6.10 Å². The first kappa shape index (κ1) is 9.19. The monoisotopic (exact) mass is 196 g/mol. The Morgan fingerprint density at radius 2 is 2.14 bits per heavy atom. The van der Waals surface area contributed by atoms with Crippen molar-refractivity contribution in [3.63, 3.8) is 0 Å². The fraction of sp³-hybridized carbons (Fsp3) is 0.273. The highest BCUT2D eigenvalue weighted by Crippen LogP contribution is 2.28. The van der Waals surface area contributed by atoms with Gasteiger partial charge in [0.15, 0.2) is 0 Å². The molecule has 0 amide bonds. The fourth-order valence-corrected chi connectivity index (χ4v) is 1.53. The molecule has 0 N–H and O–H groups in total. The third-order valence-corrected chi connectivity index (χ3v) is 2.24. The molecule has 1 aromatic rings. The predicted octanol–water partition coefficient (Wildman–Crippen LogP) is 3.33. The molecule has 1 aromatic carbocycles. The molecule has 0 fully saturated rings. The molecular weight excluding hydrogens is 186 g/mol. The first-order valence-electron chi connectivity index (χ1n) is 4.53. The van der Waals surface area contributed by atoms with Crippen molar-refractivity contribution in [3.05, 3.63) is 47.7 Å². The molecule has 14 heavy (non-hydrogen) atoms. The summed E-state index contributed by atoms with van der Waals surface area (Å²) in [7, 11) is 0. The number of rotatable bonds is 1. The van der Waals surface area contributed by atoms with E-state index < -0.39 is 11.6 Å². The number of hydrogen-bond acceptors (Lipinski definition) is 1. The highest BCUT2D eigenvalue weighted by molar-refractivity contribution is 5.21. The second-order valence-electron chi connectivity index (χ2n) is 3.24. The predicted molar refractivity (Wildman–Crippen MR) is 48.6 cm³/mol. The largest absolute Gasteiger partial charge is 0.494 e. The molecule has 0 aromatic heterocycles. The van der Waals surface area contributed by atoms with Gasteiger partial charge >= 0.3 is 0 Å². The molecule has 74 valence electrons. The van der Waals surface area contributed by atoms with Crippen LogP contribution in [0.4, 0.5) is 8.78 Å². The highest BCUT2D eigenvalue weighted by Gasteiger charge is 2.17. The van der Waals surface area contributed by atoms with Crippen LogP contribution >= 0.6 is 0 Å². The molecule has 0 aliphatic carbocycles. The summed E-state index contributed by atoms with van der Waals surface area (Å²) in [6.45, 7) is 0. The molecule has 1 atom stereocenters. The average molecular weight is 196 g/mol. The molecule has 0 saturated heterocycles. The third-order valence-electron chi connectivity index (χ3n) is 2.24. The van der Waals surface area contributed by atoms with Crippen molar-refractivity contribution < 1.29 is 13.5 Å². The van der Waals surface area contributed by atoms with Gasteiger partial charge in [0.05, 0.1) is 6.26 Å². The third kappa shape index (κ3) is 1.76. The Morgan fingerprint density at radius 1 is 1.29 bits per heavy atom. The summed E-state index contributed by atoms with van der Waals surface area (Å²) in [4.78, 5) is 0. The van der Waals surface area contributed by atoms with Gasteiger partial charge in [-0.05, 0) is 31.1 Å². The Kier molecular flexibility index (Phi) is 2.48. The first-order valence-corrected chi connectivity index (χ1v) is 4.53. The minimum absolute atomic E-state index is 0.277. The SMILES string of the molecule is Fc1ccc(C2CCC=CO2)c(F)c1. The van der Waals surface area contributed by atoms with Gasteiger partial charge in [0.1, 0.15) is 17.7 Å². The summed E-state index contributed by atoms with van der Waals surface area (Å²) in [6, 6.07) is 3.58. The van der Waals surface area contributed by atoms with Crippen LogP contribution in [0.15, 0.2) is 30.5 Å². The smallest absolute Gasteiger partial charge is 0.133 e. The van der Waals surface area contributed by atoms with Crippen molar-refractivity contribution in [2.75, 3.05) is 0 Å². The summed E-state index contributed by atoms with van der Waals surface area (Å²) >= 11 is 0. The van der Waals surface area contributed by atoms with Gasteiger partial charge in [-0.1, -0.05) is 0 Å². The second-order valence-corrected chi connectivity index (χ2v) is 3.24. The van der Waals surface area contributed by atoms with Crippen molar-refractivity contribution in [1.29, 1.82) is 0 Å². The van der Waals surface area contributed by atoms with E-state index in [2.05, 4.69) is 0 Å². The quantitative estimate of drug-likeness (QED) is 0.669. The number of benzene rings is 1. The summed E-state index contributed by atoms with van der Waals surface area (Å²) in [6.07, 6.45) is 4.77. The van der Waals surface area contributed by atoms with Crippen LogP contribution in [0.25, 0.3) is 0 Å². The topological polar surface area (TPSA) is 9.23 Å². The molecule has 3 heteroatoms. The van der Waals surface area contributed by atoms with E-state index in [4.69, 9.17) is 4.74 Å². The van der Waals surface area contributed by atoms with Gasteiger partial charge in [0.2, 0.25) is 0 Å². The zero-order chi connectivity index (χ0) is 9.97. The lowest BCUT2D eigenvalue weighted by atomic mass is 10.0. The van der Waals surface area contributed by atoms with Gasteiger partial charge in [-0.3, -0.25) is 0 Å². The zero-order valence-corrected chi connectivity index (χ0v) is 7.54. The van der Waals surface area contributed by atoms with Crippen molar-refractivity contribution in [3.8, 4) is 0 Å². The molecule has 2 rings (SSSR count). The minimum Gasteiger partial charge on any atom is -0.494 e. The van der Waals surface area contributed by atoms with Crippen molar-refractivity contribution >= 4 is 0 Å². The zero-order valence-electron chi connectivity index (χ0n) is 7.54. The Morgan fingerprint density at radius 3 is 2.79 bits per heavy atom. The minimum atomic E-state index is -0.558. The maximum Gasteiger partial charge on any atom is 0.133 e. The molecule has 0 radical (unpaired) electrons. The van der Waals surface area contributed by atoms with E-state index in [0.717, 1.165) is 18.9 Å². The van der Waals surface area contributed by atoms with Crippen LogP contribution in [-0.2, 0) is 4.74 Å². The molecule has 1 aliphatic heterocycles. The molecule has 1 nitrogen and oxygen atoms in total. The standard InChI is InChI=1S/C11H10F2O/c12-8-4-5-9(10(13)7-8)11-3-1-2-6-14-11/h2,4-7,11H,1,3H2. The Balaban J connectivity index is 2.27. The van der Waals surface area contributed by atoms with Crippen LogP contribution in [0.1, 0.15) is 24.5 Å². The van der Waals surface area contributed by atoms with Crippen LogP contribution in [0.3, 0.4) is 0 Å². The van der Waals surface area contributed by atoms with Gasteiger partial charge in [-0.15, -0.1) is 0 Å². The maximum absolute atomic E-state index is 13.3. The van der Waals surface area contributed by atoms with Crippen molar-refractivity contribution in [2.45, 2.75) is 18.9 Å². The van der Waals surface area contributed by atoms with Crippen LogP contribution in [0, 0.1) is 11.6 Å². The van der Waals surface area contributed by atoms with E-state index in [1.807, 2.05) is 6.08 Å². The number of allylic oxidation sites excluding steroid dienone is 1. The lowest BCUT2D eigenvalue weighted by Gasteiger charge is -2.20. The van der Waals surface area contributed by atoms with Crippen LogP contribution < -0.4 is 0 Å². The normalized spacial score (nSPS) is 20.6. The van der Waals surface area contributed by atoms with Gasteiger partial charge in [0, 0.05) is 11.6 Å². The summed E-state index contributed by atoms with van der Waals surface area (Å²) in [5, 5.41) is 0. The molecule has 1 aliphatic rings. The lowest BCUT2D eigenvalue weighted by Crippen LogP contribution is -2.06. The number of hydrogen-bond donors (Lipinski definition) is 0. The van der Waals surface area contributed by atoms with E-state index >= 15 is 0 Å². The molecule has 0 spiro atoms. The summed E-state index contributed by atoms with van der Waals surface area (Å²) in [5.41, 5.74) is 0.427. The van der Waals surface area contributed by atoms with Gasteiger partial charge in [0.25, 0.3) is 0 Å². The van der Waals surface area contributed by atoms with Crippen LogP contribution in [-0.4, -0.2) is 0 Å². The molecule has 1 heterocycles. The number of ether oxygens (including phenoxy) is 1. The molecular formula is C11H10F2O. The first-order chi connectivity index (χ1) is 6.77. The maximum atomic E-state index is 13.3. The lowest BCUT2D eigenvalue weighted by molar-refractivity contribution is 0.121. The van der Waals surface area contributed by atoms with E-state index in [0.29, 0.717) is 5.56 Å². The molecule has 1 unspecified atom stereocenters. The van der Waals surface area contributed by atoms with Gasteiger partial charge in [-0.25, -0.2) is 8.78 Å². The fourth-order valence-electron chi connectivity index (χ4n) is 1.53.